The van der Waals surface area contributed by atoms with Crippen molar-refractivity contribution in [3.63, 3.8) is 0 Å². The second-order valence-electron chi connectivity index (χ2n) is 4.05. The summed E-state index contributed by atoms with van der Waals surface area (Å²) in [6.45, 7) is 2.11. The third-order valence-corrected chi connectivity index (χ3v) is 2.36. The van der Waals surface area contributed by atoms with Gasteiger partial charge in [0.15, 0.2) is 0 Å². The van der Waals surface area contributed by atoms with Crippen molar-refractivity contribution >= 4 is 17.6 Å². The van der Waals surface area contributed by atoms with Crippen molar-refractivity contribution in [3.8, 4) is 0 Å². The van der Waals surface area contributed by atoms with E-state index in [0.29, 0.717) is 18.7 Å². The van der Waals surface area contributed by atoms with E-state index in [1.165, 1.54) is 13.1 Å². The lowest BCUT2D eigenvalue weighted by Crippen LogP contribution is -2.34. The van der Waals surface area contributed by atoms with Gasteiger partial charge < -0.3 is 15.4 Å². The summed E-state index contributed by atoms with van der Waals surface area (Å²) < 4.78 is 0. The number of carbonyl (C=O) groups excluding carboxylic acids is 3. The molecular weight excluding hydrogens is 246 g/mol. The van der Waals surface area contributed by atoms with Crippen LogP contribution in [0.15, 0.2) is 24.5 Å². The third-order valence-electron chi connectivity index (χ3n) is 2.36. The number of aromatic nitrogens is 1. The fraction of sp³-hybridized carbons (Fsp3) is 0.385. The molecule has 1 aromatic heterocycles. The van der Waals surface area contributed by atoms with Gasteiger partial charge in [-0.05, 0) is 19.1 Å². The molecule has 0 atom stereocenters. The first-order chi connectivity index (χ1) is 9.09. The van der Waals surface area contributed by atoms with Crippen LogP contribution in [0.3, 0.4) is 0 Å². The molecule has 6 nitrogen and oxygen atoms in total. The number of rotatable bonds is 7. The van der Waals surface area contributed by atoms with Gasteiger partial charge in [-0.2, -0.15) is 0 Å². The first-order valence-corrected chi connectivity index (χ1v) is 6.04. The van der Waals surface area contributed by atoms with Gasteiger partial charge in [0.05, 0.1) is 5.56 Å². The Morgan fingerprint density at radius 3 is 2.53 bits per heavy atom. The highest BCUT2D eigenvalue weighted by Crippen LogP contribution is 1.94. The van der Waals surface area contributed by atoms with E-state index in [4.69, 9.17) is 0 Å². The third kappa shape index (κ3) is 6.30. The van der Waals surface area contributed by atoms with Crippen molar-refractivity contribution in [3.05, 3.63) is 30.1 Å². The van der Waals surface area contributed by atoms with Crippen LogP contribution in [0.2, 0.25) is 0 Å². The van der Waals surface area contributed by atoms with Crippen molar-refractivity contribution < 1.29 is 14.4 Å². The summed E-state index contributed by atoms with van der Waals surface area (Å²) in [5.41, 5.74) is 0.477. The highest BCUT2D eigenvalue weighted by atomic mass is 16.2. The molecule has 102 valence electrons. The Labute approximate surface area is 111 Å². The average molecular weight is 263 g/mol. The summed E-state index contributed by atoms with van der Waals surface area (Å²) in [6, 6.07) is 3.34. The van der Waals surface area contributed by atoms with Crippen LogP contribution in [0.25, 0.3) is 0 Å². The maximum Gasteiger partial charge on any atom is 0.252 e. The number of hydrogen-bond acceptors (Lipinski definition) is 4. The van der Waals surface area contributed by atoms with E-state index in [1.54, 1.807) is 18.3 Å². The van der Waals surface area contributed by atoms with E-state index >= 15 is 0 Å². The fourth-order valence-electron chi connectivity index (χ4n) is 1.36. The van der Waals surface area contributed by atoms with E-state index in [9.17, 15) is 14.4 Å². The van der Waals surface area contributed by atoms with Crippen LogP contribution in [0.4, 0.5) is 0 Å². The lowest BCUT2D eigenvalue weighted by atomic mass is 10.2. The maximum atomic E-state index is 11.6. The number of Topliss-reactive ketones (excluding diaryl/α,β-unsaturated/α-hetero) is 1. The second kappa shape index (κ2) is 7.97. The molecule has 2 amide bonds. The van der Waals surface area contributed by atoms with Crippen LogP contribution in [0.5, 0.6) is 0 Å². The molecule has 0 spiro atoms. The first kappa shape index (κ1) is 14.8. The van der Waals surface area contributed by atoms with E-state index in [-0.39, 0.29) is 30.4 Å². The number of nitrogens with zero attached hydrogens (tertiary/aromatic N) is 1. The summed E-state index contributed by atoms with van der Waals surface area (Å²) in [6.07, 6.45) is 3.49. The van der Waals surface area contributed by atoms with Crippen molar-refractivity contribution in [1.29, 1.82) is 0 Å². The quantitative estimate of drug-likeness (QED) is 0.692. The Balaban J connectivity index is 2.16. The van der Waals surface area contributed by atoms with Crippen LogP contribution in [-0.2, 0) is 9.59 Å². The van der Waals surface area contributed by atoms with Crippen molar-refractivity contribution in [2.45, 2.75) is 19.8 Å². The van der Waals surface area contributed by atoms with Gasteiger partial charge in [-0.3, -0.25) is 14.6 Å². The molecule has 0 saturated carbocycles. The van der Waals surface area contributed by atoms with Crippen LogP contribution in [0, 0.1) is 0 Å². The van der Waals surface area contributed by atoms with Gasteiger partial charge in [0.2, 0.25) is 5.91 Å². The molecule has 0 aliphatic carbocycles. The van der Waals surface area contributed by atoms with Crippen LogP contribution in [0.1, 0.15) is 30.1 Å². The Bertz CT molecular complexity index is 446. The molecule has 19 heavy (non-hydrogen) atoms. The minimum atomic E-state index is -0.230. The van der Waals surface area contributed by atoms with E-state index in [2.05, 4.69) is 15.6 Å². The zero-order valence-electron chi connectivity index (χ0n) is 10.8. The van der Waals surface area contributed by atoms with Crippen molar-refractivity contribution in [1.82, 2.24) is 15.6 Å². The van der Waals surface area contributed by atoms with Gasteiger partial charge in [-0.1, -0.05) is 0 Å². The normalized spacial score (nSPS) is 9.74. The fourth-order valence-corrected chi connectivity index (χ4v) is 1.36. The smallest absolute Gasteiger partial charge is 0.252 e. The second-order valence-corrected chi connectivity index (χ2v) is 4.05. The molecule has 0 saturated heterocycles. The molecule has 1 heterocycles. The molecular formula is C13H17N3O3. The molecule has 0 bridgehead atoms. The number of nitrogens with one attached hydrogen (secondary N) is 2. The maximum absolute atomic E-state index is 11.6. The molecule has 0 unspecified atom stereocenters. The van der Waals surface area contributed by atoms with Gasteiger partial charge >= 0.3 is 0 Å². The van der Waals surface area contributed by atoms with E-state index in [0.717, 1.165) is 0 Å². The molecule has 0 aromatic carbocycles. The Morgan fingerprint density at radius 1 is 1.16 bits per heavy atom. The summed E-state index contributed by atoms with van der Waals surface area (Å²) in [7, 11) is 0. The van der Waals surface area contributed by atoms with Gasteiger partial charge in [-0.25, -0.2) is 0 Å². The van der Waals surface area contributed by atoms with Gasteiger partial charge in [-0.15, -0.1) is 0 Å². The number of amides is 2. The Morgan fingerprint density at radius 2 is 1.89 bits per heavy atom. The zero-order valence-corrected chi connectivity index (χ0v) is 10.8. The predicted molar refractivity (Wildman–Crippen MR) is 69.5 cm³/mol. The first-order valence-electron chi connectivity index (χ1n) is 6.04. The van der Waals surface area contributed by atoms with Crippen molar-refractivity contribution in [2.24, 2.45) is 0 Å². The lowest BCUT2D eigenvalue weighted by molar-refractivity contribution is -0.124. The highest BCUT2D eigenvalue weighted by Gasteiger charge is 2.05. The number of pyridine rings is 1. The van der Waals surface area contributed by atoms with Gasteiger partial charge in [0.1, 0.15) is 5.78 Å². The average Bonchev–Trinajstić information content (AvgIpc) is 2.42. The number of ketones is 1. The van der Waals surface area contributed by atoms with E-state index < -0.39 is 0 Å². The summed E-state index contributed by atoms with van der Waals surface area (Å²) >= 11 is 0. The topological polar surface area (TPSA) is 88.2 Å². The Kier molecular flexibility index (Phi) is 6.21. The largest absolute Gasteiger partial charge is 0.354 e. The Hall–Kier alpha value is -2.24. The van der Waals surface area contributed by atoms with Crippen LogP contribution < -0.4 is 10.6 Å². The zero-order chi connectivity index (χ0) is 14.1. The van der Waals surface area contributed by atoms with Crippen LogP contribution >= 0.6 is 0 Å². The molecule has 0 aliphatic rings. The molecule has 2 N–H and O–H groups in total. The minimum Gasteiger partial charge on any atom is -0.354 e. The molecule has 6 heteroatoms. The minimum absolute atomic E-state index is 0.0139. The highest BCUT2D eigenvalue weighted by molar-refractivity contribution is 5.93. The molecule has 1 rings (SSSR count). The molecule has 0 fully saturated rings. The number of hydrogen-bond donors (Lipinski definition) is 2. The summed E-state index contributed by atoms with van der Waals surface area (Å²) in [5, 5.41) is 5.28. The van der Waals surface area contributed by atoms with E-state index in [1.807, 2.05) is 0 Å². The standard InChI is InChI=1S/C13H17N3O3/c1-10(17)4-5-12(18)15-7-8-16-13(19)11-3-2-6-14-9-11/h2-3,6,9H,4-5,7-8H2,1H3,(H,15,18)(H,16,19). The number of carbonyl (C=O) groups is 3. The van der Waals surface area contributed by atoms with Gasteiger partial charge in [0, 0.05) is 38.3 Å². The summed E-state index contributed by atoms with van der Waals surface area (Å²) in [4.78, 5) is 37.4. The SMILES string of the molecule is CC(=O)CCC(=O)NCCNC(=O)c1cccnc1. The molecule has 1 aromatic rings. The van der Waals surface area contributed by atoms with Crippen molar-refractivity contribution in [2.75, 3.05) is 13.1 Å². The van der Waals surface area contributed by atoms with Gasteiger partial charge in [0.25, 0.3) is 5.91 Å². The molecule has 0 aliphatic heterocycles. The lowest BCUT2D eigenvalue weighted by Gasteiger charge is -2.06. The van der Waals surface area contributed by atoms with Crippen LogP contribution in [-0.4, -0.2) is 35.7 Å². The predicted octanol–water partition coefficient (Wildman–Crippen LogP) is 0.297. The monoisotopic (exact) mass is 263 g/mol. The summed E-state index contributed by atoms with van der Waals surface area (Å²) in [5.74, 6) is -0.433. The molecule has 0 radical (unpaired) electrons.